The zero-order chi connectivity index (χ0) is 13.5. The van der Waals surface area contributed by atoms with E-state index in [-0.39, 0.29) is 11.7 Å². The first-order chi connectivity index (χ1) is 9.31. The Bertz CT molecular complexity index is 392. The van der Waals surface area contributed by atoms with Crippen LogP contribution in [-0.2, 0) is 6.54 Å². The summed E-state index contributed by atoms with van der Waals surface area (Å²) < 4.78 is 19.7. The summed E-state index contributed by atoms with van der Waals surface area (Å²) in [5.74, 6) is 0.396. The van der Waals surface area contributed by atoms with E-state index in [1.165, 1.54) is 32.1 Å². The maximum absolute atomic E-state index is 14.1. The van der Waals surface area contributed by atoms with E-state index < -0.39 is 0 Å². The Morgan fingerprint density at radius 1 is 1.37 bits per heavy atom. The third-order valence-corrected chi connectivity index (χ3v) is 3.68. The van der Waals surface area contributed by atoms with Crippen LogP contribution in [0, 0.1) is 11.7 Å². The standard InChI is InChI=1S/C15H23FN2O/c1-2-17-10-13-8-9-18-15(14(13)16)19-11-12-6-4-3-5-7-12/h8-9,12,17H,2-7,10-11H2,1H3. The second-order valence-corrected chi connectivity index (χ2v) is 5.18. The predicted molar refractivity (Wildman–Crippen MR) is 73.6 cm³/mol. The Morgan fingerprint density at radius 3 is 2.89 bits per heavy atom. The molecular formula is C15H23FN2O. The molecule has 1 fully saturated rings. The summed E-state index contributed by atoms with van der Waals surface area (Å²) in [6, 6.07) is 1.70. The van der Waals surface area contributed by atoms with Gasteiger partial charge in [0.05, 0.1) is 6.61 Å². The van der Waals surface area contributed by atoms with Gasteiger partial charge in [-0.3, -0.25) is 0 Å². The van der Waals surface area contributed by atoms with Crippen molar-refractivity contribution in [2.24, 2.45) is 5.92 Å². The van der Waals surface area contributed by atoms with E-state index in [1.54, 1.807) is 12.3 Å². The molecule has 106 valence electrons. The Labute approximate surface area is 114 Å². The van der Waals surface area contributed by atoms with Gasteiger partial charge in [0, 0.05) is 18.3 Å². The maximum Gasteiger partial charge on any atom is 0.250 e. The van der Waals surface area contributed by atoms with E-state index in [1.807, 2.05) is 6.92 Å². The van der Waals surface area contributed by atoms with Crippen molar-refractivity contribution in [3.8, 4) is 5.88 Å². The molecule has 19 heavy (non-hydrogen) atoms. The number of aromatic nitrogens is 1. The first kappa shape index (κ1) is 14.3. The summed E-state index contributed by atoms with van der Waals surface area (Å²) in [6.45, 7) is 3.93. The van der Waals surface area contributed by atoms with Crippen molar-refractivity contribution in [3.05, 3.63) is 23.6 Å². The number of rotatable bonds is 6. The number of pyridine rings is 1. The van der Waals surface area contributed by atoms with Gasteiger partial charge >= 0.3 is 0 Å². The fourth-order valence-corrected chi connectivity index (χ4v) is 2.51. The summed E-state index contributed by atoms with van der Waals surface area (Å²) >= 11 is 0. The Balaban J connectivity index is 1.91. The van der Waals surface area contributed by atoms with Crippen molar-refractivity contribution in [3.63, 3.8) is 0 Å². The molecule has 0 aromatic carbocycles. The van der Waals surface area contributed by atoms with Gasteiger partial charge in [-0.2, -0.15) is 0 Å². The Kier molecular flexibility index (Phi) is 5.58. The second kappa shape index (κ2) is 7.43. The Morgan fingerprint density at radius 2 is 2.16 bits per heavy atom. The van der Waals surface area contributed by atoms with Gasteiger partial charge in [0.1, 0.15) is 0 Å². The van der Waals surface area contributed by atoms with Gasteiger partial charge in [0.25, 0.3) is 5.88 Å². The molecule has 1 saturated carbocycles. The van der Waals surface area contributed by atoms with Gasteiger partial charge in [0.2, 0.25) is 0 Å². The van der Waals surface area contributed by atoms with E-state index in [2.05, 4.69) is 10.3 Å². The number of ether oxygens (including phenoxy) is 1. The minimum absolute atomic E-state index is 0.154. The fourth-order valence-electron chi connectivity index (χ4n) is 2.51. The number of hydrogen-bond acceptors (Lipinski definition) is 3. The lowest BCUT2D eigenvalue weighted by molar-refractivity contribution is 0.195. The van der Waals surface area contributed by atoms with E-state index in [4.69, 9.17) is 4.74 Å². The van der Waals surface area contributed by atoms with Gasteiger partial charge in [-0.1, -0.05) is 26.2 Å². The molecule has 1 aromatic rings. The van der Waals surface area contributed by atoms with Crippen LogP contribution in [0.15, 0.2) is 12.3 Å². The van der Waals surface area contributed by atoms with Crippen molar-refractivity contribution < 1.29 is 9.13 Å². The van der Waals surface area contributed by atoms with Crippen LogP contribution in [0.2, 0.25) is 0 Å². The highest BCUT2D eigenvalue weighted by Gasteiger charge is 2.16. The molecule has 0 radical (unpaired) electrons. The Hall–Kier alpha value is -1.16. The topological polar surface area (TPSA) is 34.2 Å². The molecule has 1 aliphatic carbocycles. The van der Waals surface area contributed by atoms with Gasteiger partial charge in [-0.25, -0.2) is 9.37 Å². The highest BCUT2D eigenvalue weighted by molar-refractivity contribution is 5.23. The molecule has 1 aliphatic rings. The lowest BCUT2D eigenvalue weighted by Gasteiger charge is -2.21. The first-order valence-corrected chi connectivity index (χ1v) is 7.28. The molecule has 0 saturated heterocycles. The summed E-state index contributed by atoms with van der Waals surface area (Å²) in [7, 11) is 0. The average Bonchev–Trinajstić information content (AvgIpc) is 2.46. The smallest absolute Gasteiger partial charge is 0.250 e. The molecule has 0 aliphatic heterocycles. The molecule has 0 unspecified atom stereocenters. The average molecular weight is 266 g/mol. The predicted octanol–water partition coefficient (Wildman–Crippen LogP) is 3.29. The molecule has 2 rings (SSSR count). The number of nitrogens with zero attached hydrogens (tertiary/aromatic N) is 1. The maximum atomic E-state index is 14.1. The molecule has 0 spiro atoms. The highest BCUT2D eigenvalue weighted by Crippen LogP contribution is 2.25. The van der Waals surface area contributed by atoms with Crippen LogP contribution >= 0.6 is 0 Å². The summed E-state index contributed by atoms with van der Waals surface area (Å²) in [5, 5.41) is 3.11. The zero-order valence-electron chi connectivity index (χ0n) is 11.6. The van der Waals surface area contributed by atoms with Crippen LogP contribution < -0.4 is 10.1 Å². The molecule has 0 bridgehead atoms. The summed E-state index contributed by atoms with van der Waals surface area (Å²) in [6.07, 6.45) is 7.86. The molecule has 4 heteroatoms. The van der Waals surface area contributed by atoms with Crippen molar-refractivity contribution in [1.29, 1.82) is 0 Å². The van der Waals surface area contributed by atoms with Crippen molar-refractivity contribution in [2.75, 3.05) is 13.2 Å². The zero-order valence-corrected chi connectivity index (χ0v) is 11.6. The van der Waals surface area contributed by atoms with E-state index in [0.29, 0.717) is 24.6 Å². The van der Waals surface area contributed by atoms with E-state index >= 15 is 0 Å². The monoisotopic (exact) mass is 266 g/mol. The van der Waals surface area contributed by atoms with Crippen LogP contribution in [0.25, 0.3) is 0 Å². The minimum Gasteiger partial charge on any atom is -0.475 e. The van der Waals surface area contributed by atoms with Crippen LogP contribution in [0.4, 0.5) is 4.39 Å². The van der Waals surface area contributed by atoms with Crippen LogP contribution in [-0.4, -0.2) is 18.1 Å². The van der Waals surface area contributed by atoms with E-state index in [0.717, 1.165) is 6.54 Å². The van der Waals surface area contributed by atoms with Crippen LogP contribution in [0.1, 0.15) is 44.6 Å². The molecule has 1 aromatic heterocycles. The van der Waals surface area contributed by atoms with E-state index in [9.17, 15) is 4.39 Å². The molecule has 1 heterocycles. The van der Waals surface area contributed by atoms with Crippen LogP contribution in [0.5, 0.6) is 5.88 Å². The van der Waals surface area contributed by atoms with Gasteiger partial charge in [0.15, 0.2) is 5.82 Å². The fraction of sp³-hybridized carbons (Fsp3) is 0.667. The first-order valence-electron chi connectivity index (χ1n) is 7.28. The number of nitrogens with one attached hydrogen (secondary N) is 1. The van der Waals surface area contributed by atoms with Crippen molar-refractivity contribution in [2.45, 2.75) is 45.6 Å². The third-order valence-electron chi connectivity index (χ3n) is 3.68. The lowest BCUT2D eigenvalue weighted by Crippen LogP contribution is -2.17. The second-order valence-electron chi connectivity index (χ2n) is 5.18. The normalized spacial score (nSPS) is 16.5. The summed E-state index contributed by atoms with van der Waals surface area (Å²) in [4.78, 5) is 4.01. The SMILES string of the molecule is CCNCc1ccnc(OCC2CCCCC2)c1F. The molecule has 0 atom stereocenters. The van der Waals surface area contributed by atoms with Crippen molar-refractivity contribution in [1.82, 2.24) is 10.3 Å². The minimum atomic E-state index is -0.320. The number of hydrogen-bond donors (Lipinski definition) is 1. The van der Waals surface area contributed by atoms with Gasteiger partial charge in [-0.05, 0) is 31.4 Å². The molecule has 1 N–H and O–H groups in total. The van der Waals surface area contributed by atoms with Crippen molar-refractivity contribution >= 4 is 0 Å². The summed E-state index contributed by atoms with van der Waals surface area (Å²) in [5.41, 5.74) is 0.621. The number of halogens is 1. The molecule has 3 nitrogen and oxygen atoms in total. The molecular weight excluding hydrogens is 243 g/mol. The molecule has 0 amide bonds. The lowest BCUT2D eigenvalue weighted by atomic mass is 9.90. The quantitative estimate of drug-likeness (QED) is 0.858. The largest absolute Gasteiger partial charge is 0.475 e. The third kappa shape index (κ3) is 4.16. The van der Waals surface area contributed by atoms with Gasteiger partial charge in [-0.15, -0.1) is 0 Å². The highest BCUT2D eigenvalue weighted by atomic mass is 19.1. The van der Waals surface area contributed by atoms with Gasteiger partial charge < -0.3 is 10.1 Å². The van der Waals surface area contributed by atoms with Crippen LogP contribution in [0.3, 0.4) is 0 Å².